The van der Waals surface area contributed by atoms with E-state index in [4.69, 9.17) is 5.14 Å². The van der Waals surface area contributed by atoms with Crippen molar-refractivity contribution in [3.8, 4) is 0 Å². The Balaban J connectivity index is 1.63. The molecule has 3 aromatic rings. The molecule has 11 nitrogen and oxygen atoms in total. The summed E-state index contributed by atoms with van der Waals surface area (Å²) in [5.41, 5.74) is 2.05. The first kappa shape index (κ1) is 28.6. The van der Waals surface area contributed by atoms with Crippen LogP contribution in [0.4, 0.5) is 11.4 Å². The van der Waals surface area contributed by atoms with Gasteiger partial charge in [-0.2, -0.15) is 0 Å². The van der Waals surface area contributed by atoms with Gasteiger partial charge in [0.05, 0.1) is 21.9 Å². The van der Waals surface area contributed by atoms with E-state index >= 15 is 0 Å². The van der Waals surface area contributed by atoms with Crippen molar-refractivity contribution in [2.75, 3.05) is 11.4 Å². The van der Waals surface area contributed by atoms with Crippen molar-refractivity contribution in [2.45, 2.75) is 43.5 Å². The molecule has 1 saturated heterocycles. The van der Waals surface area contributed by atoms with Crippen LogP contribution in [0.15, 0.2) is 77.7 Å². The Morgan fingerprint density at radius 2 is 1.62 bits per heavy atom. The molecule has 1 heterocycles. The number of non-ortho nitro benzene ring substituents is 1. The molecule has 0 bridgehead atoms. The predicted molar refractivity (Wildman–Crippen MR) is 147 cm³/mol. The van der Waals surface area contributed by atoms with E-state index in [2.05, 4.69) is 0 Å². The van der Waals surface area contributed by atoms with Gasteiger partial charge in [-0.15, -0.1) is 0 Å². The van der Waals surface area contributed by atoms with E-state index in [0.717, 1.165) is 10.5 Å². The van der Waals surface area contributed by atoms with E-state index in [1.807, 2.05) is 26.0 Å². The summed E-state index contributed by atoms with van der Waals surface area (Å²) in [6.07, 6.45) is 0.0124. The van der Waals surface area contributed by atoms with Gasteiger partial charge in [0, 0.05) is 24.2 Å². The van der Waals surface area contributed by atoms with Gasteiger partial charge in [0.1, 0.15) is 6.04 Å². The molecule has 3 amide bonds. The van der Waals surface area contributed by atoms with Gasteiger partial charge >= 0.3 is 0 Å². The highest BCUT2D eigenvalue weighted by molar-refractivity contribution is 7.89. The third-order valence-corrected chi connectivity index (χ3v) is 7.73. The number of rotatable bonds is 9. The topological polar surface area (TPSA) is 161 Å². The number of sulfonamides is 1. The number of nitro benzene ring substituents is 1. The maximum atomic E-state index is 13.6. The molecule has 0 spiro atoms. The number of nitrogens with two attached hydrogens (primary N) is 1. The van der Waals surface area contributed by atoms with Crippen molar-refractivity contribution in [1.29, 1.82) is 0 Å². The maximum Gasteiger partial charge on any atom is 0.269 e. The summed E-state index contributed by atoms with van der Waals surface area (Å²) in [4.78, 5) is 53.0. The third-order valence-electron chi connectivity index (χ3n) is 6.80. The van der Waals surface area contributed by atoms with E-state index in [-0.39, 0.29) is 41.5 Å². The number of imide groups is 1. The summed E-state index contributed by atoms with van der Waals surface area (Å²) >= 11 is 0. The monoisotopic (exact) mass is 564 g/mol. The highest BCUT2D eigenvalue weighted by Crippen LogP contribution is 2.29. The zero-order chi connectivity index (χ0) is 29.2. The smallest absolute Gasteiger partial charge is 0.269 e. The second-order valence-electron chi connectivity index (χ2n) is 9.78. The van der Waals surface area contributed by atoms with Gasteiger partial charge in [-0.25, -0.2) is 18.5 Å². The Morgan fingerprint density at radius 1 is 1.02 bits per heavy atom. The average molecular weight is 565 g/mol. The van der Waals surface area contributed by atoms with Gasteiger partial charge in [0.2, 0.25) is 15.9 Å². The summed E-state index contributed by atoms with van der Waals surface area (Å²) in [5, 5.41) is 16.2. The second kappa shape index (κ2) is 11.4. The molecule has 40 heavy (non-hydrogen) atoms. The zero-order valence-electron chi connectivity index (χ0n) is 21.9. The minimum Gasteiger partial charge on any atom is -0.326 e. The summed E-state index contributed by atoms with van der Waals surface area (Å²) in [6, 6.07) is 16.8. The first-order chi connectivity index (χ1) is 18.9. The number of primary sulfonamides is 1. The van der Waals surface area contributed by atoms with Crippen LogP contribution < -0.4 is 10.0 Å². The summed E-state index contributed by atoms with van der Waals surface area (Å²) in [7, 11) is -3.88. The van der Waals surface area contributed by atoms with Crippen LogP contribution >= 0.6 is 0 Å². The maximum absolute atomic E-state index is 13.6. The highest BCUT2D eigenvalue weighted by Gasteiger charge is 2.44. The first-order valence-electron chi connectivity index (χ1n) is 12.5. The molecule has 1 unspecified atom stereocenters. The molecule has 12 heteroatoms. The van der Waals surface area contributed by atoms with Gasteiger partial charge in [-0.1, -0.05) is 38.1 Å². The lowest BCUT2D eigenvalue weighted by molar-refractivity contribution is -0.384. The number of hydrogen-bond donors (Lipinski definition) is 1. The van der Waals surface area contributed by atoms with Crippen molar-refractivity contribution in [1.82, 2.24) is 4.90 Å². The molecule has 1 atom stereocenters. The molecule has 3 aromatic carbocycles. The number of benzene rings is 3. The normalized spacial score (nSPS) is 15.5. The number of nitrogens with zero attached hydrogens (tertiary/aromatic N) is 3. The molecule has 1 fully saturated rings. The van der Waals surface area contributed by atoms with E-state index < -0.39 is 38.7 Å². The van der Waals surface area contributed by atoms with Gasteiger partial charge in [0.15, 0.2) is 0 Å². The largest absolute Gasteiger partial charge is 0.326 e. The second-order valence-corrected chi connectivity index (χ2v) is 11.3. The van der Waals surface area contributed by atoms with Crippen LogP contribution in [0, 0.1) is 10.1 Å². The summed E-state index contributed by atoms with van der Waals surface area (Å²) < 4.78 is 23.1. The van der Waals surface area contributed by atoms with Crippen LogP contribution in [0.2, 0.25) is 0 Å². The predicted octanol–water partition coefficient (Wildman–Crippen LogP) is 3.38. The van der Waals surface area contributed by atoms with Crippen molar-refractivity contribution >= 4 is 39.1 Å². The minimum atomic E-state index is -3.88. The average Bonchev–Trinajstić information content (AvgIpc) is 3.21. The number of carbonyl (C=O) groups excluding carboxylic acids is 3. The molecule has 0 radical (unpaired) electrons. The highest BCUT2D eigenvalue weighted by atomic mass is 32.2. The van der Waals surface area contributed by atoms with E-state index in [0.29, 0.717) is 11.3 Å². The molecular weight excluding hydrogens is 536 g/mol. The molecular formula is C28H28N4O7S. The lowest BCUT2D eigenvalue weighted by Crippen LogP contribution is -2.46. The van der Waals surface area contributed by atoms with Gasteiger partial charge in [0.25, 0.3) is 17.5 Å². The van der Waals surface area contributed by atoms with E-state index in [1.54, 1.807) is 24.3 Å². The number of hydrogen-bond acceptors (Lipinski definition) is 7. The Bertz CT molecular complexity index is 1550. The van der Waals surface area contributed by atoms with Crippen molar-refractivity contribution in [3.05, 3.63) is 99.6 Å². The minimum absolute atomic E-state index is 0.0222. The summed E-state index contributed by atoms with van der Waals surface area (Å²) in [5.74, 6) is -1.31. The van der Waals surface area contributed by atoms with Crippen molar-refractivity contribution in [2.24, 2.45) is 5.14 Å². The number of carbonyl (C=O) groups is 3. The Kier molecular flexibility index (Phi) is 8.12. The van der Waals surface area contributed by atoms with Gasteiger partial charge in [-0.05, 0) is 59.9 Å². The standard InChI is InChI=1S/C28H28N4O7S/c1-18(2)20-5-9-22(10-6-20)31-26(33)17-25(28(31)35)30(27(34)21-7-11-23(12-8-21)32(36)37)16-15-19-3-13-24(14-4-19)40(29,38)39/h3-14,18,25H,15-17H2,1-2H3,(H2,29,38,39). The Hall–Kier alpha value is -4.42. The van der Waals surface area contributed by atoms with E-state index in [1.165, 1.54) is 41.3 Å². The van der Waals surface area contributed by atoms with Crippen LogP contribution in [0.5, 0.6) is 0 Å². The third kappa shape index (κ3) is 6.08. The molecule has 208 valence electrons. The molecule has 0 saturated carbocycles. The molecule has 0 aromatic heterocycles. The van der Waals surface area contributed by atoms with Crippen LogP contribution in [-0.4, -0.2) is 48.5 Å². The van der Waals surface area contributed by atoms with Crippen LogP contribution in [0.3, 0.4) is 0 Å². The van der Waals surface area contributed by atoms with Crippen molar-refractivity contribution < 1.29 is 27.7 Å². The molecule has 1 aliphatic rings. The van der Waals surface area contributed by atoms with Gasteiger partial charge < -0.3 is 4.90 Å². The molecule has 2 N–H and O–H groups in total. The molecule has 0 aliphatic carbocycles. The fourth-order valence-electron chi connectivity index (χ4n) is 4.52. The fraction of sp³-hybridized carbons (Fsp3) is 0.250. The molecule has 1 aliphatic heterocycles. The quantitative estimate of drug-likeness (QED) is 0.237. The first-order valence-corrected chi connectivity index (χ1v) is 14.1. The lowest BCUT2D eigenvalue weighted by atomic mass is 10.0. The number of nitro groups is 1. The Morgan fingerprint density at radius 3 is 2.15 bits per heavy atom. The number of anilines is 1. The zero-order valence-corrected chi connectivity index (χ0v) is 22.7. The molecule has 4 rings (SSSR count). The number of amides is 3. The lowest BCUT2D eigenvalue weighted by Gasteiger charge is -2.28. The van der Waals surface area contributed by atoms with E-state index in [9.17, 15) is 32.9 Å². The fourth-order valence-corrected chi connectivity index (χ4v) is 5.04. The summed E-state index contributed by atoms with van der Waals surface area (Å²) in [6.45, 7) is 4.08. The van der Waals surface area contributed by atoms with Crippen LogP contribution in [0.25, 0.3) is 0 Å². The van der Waals surface area contributed by atoms with Crippen molar-refractivity contribution in [3.63, 3.8) is 0 Å². The van der Waals surface area contributed by atoms with Crippen LogP contribution in [0.1, 0.15) is 47.7 Å². The van der Waals surface area contributed by atoms with Gasteiger partial charge in [-0.3, -0.25) is 24.5 Å². The SMILES string of the molecule is CC(C)c1ccc(N2C(=O)CC(N(CCc3ccc(S(N)(=O)=O)cc3)C(=O)c3ccc([N+](=O)[O-])cc3)C2=O)cc1. The Labute approximate surface area is 231 Å². The van der Waals surface area contributed by atoms with Crippen LogP contribution in [-0.2, 0) is 26.0 Å².